The lowest BCUT2D eigenvalue weighted by Crippen LogP contribution is -1.56. The molecule has 0 N–H and O–H groups in total. The third-order valence-electron chi connectivity index (χ3n) is 1.24. The van der Waals surface area contributed by atoms with Gasteiger partial charge >= 0.3 is 0 Å². The predicted octanol–water partition coefficient (Wildman–Crippen LogP) is 3.22. The summed E-state index contributed by atoms with van der Waals surface area (Å²) in [5, 5.41) is 0. The largest absolute Gasteiger partial charge is 0.435 e. The first kappa shape index (κ1) is 6.07. The van der Waals surface area contributed by atoms with Gasteiger partial charge in [0.2, 0.25) is 4.02 Å². The van der Waals surface area contributed by atoms with Crippen molar-refractivity contribution in [2.75, 3.05) is 0 Å². The Morgan fingerprint density at radius 2 is 2.10 bits per heavy atom. The van der Waals surface area contributed by atoms with Gasteiger partial charge in [0.1, 0.15) is 5.58 Å². The Labute approximate surface area is 66.9 Å². The topological polar surface area (TPSA) is 13.1 Å². The van der Waals surface area contributed by atoms with E-state index in [1.54, 1.807) is 0 Å². The smallest absolute Gasteiger partial charge is 0.248 e. The van der Waals surface area contributed by atoms with E-state index < -0.39 is 0 Å². The molecule has 0 fully saturated rings. The standard InChI is InChI=1S/C7H4OS2/c9-7-8-5-3-1-2-4-6(5)10-7/h1-4H. The molecule has 2 rings (SSSR count). The predicted molar refractivity (Wildman–Crippen MR) is 44.9 cm³/mol. The molecular formula is C7H4OS2. The Hall–Kier alpha value is -0.670. The zero-order valence-corrected chi connectivity index (χ0v) is 6.67. The molecule has 3 heteroatoms. The van der Waals surface area contributed by atoms with E-state index >= 15 is 0 Å². The van der Waals surface area contributed by atoms with E-state index in [1.807, 2.05) is 24.3 Å². The molecule has 0 radical (unpaired) electrons. The first-order valence-corrected chi connectivity index (χ1v) is 4.07. The minimum Gasteiger partial charge on any atom is -0.435 e. The molecule has 0 saturated heterocycles. The average Bonchev–Trinajstić information content (AvgIpc) is 2.27. The Morgan fingerprint density at radius 3 is 2.90 bits per heavy atom. The lowest BCUT2D eigenvalue weighted by Gasteiger charge is -1.79. The summed E-state index contributed by atoms with van der Waals surface area (Å²) in [5.74, 6) is 0. The maximum absolute atomic E-state index is 5.20. The fraction of sp³-hybridized carbons (Fsp3) is 0. The molecular weight excluding hydrogens is 164 g/mol. The van der Waals surface area contributed by atoms with Crippen LogP contribution in [0.5, 0.6) is 0 Å². The molecule has 10 heavy (non-hydrogen) atoms. The van der Waals surface area contributed by atoms with Gasteiger partial charge in [-0.3, -0.25) is 0 Å². The fourth-order valence-corrected chi connectivity index (χ4v) is 1.85. The van der Waals surface area contributed by atoms with Crippen LogP contribution in [0.3, 0.4) is 0 Å². The molecule has 0 amide bonds. The summed E-state index contributed by atoms with van der Waals surface area (Å²) in [6.07, 6.45) is 0. The van der Waals surface area contributed by atoms with Crippen molar-refractivity contribution in [1.82, 2.24) is 0 Å². The second-order valence-electron chi connectivity index (χ2n) is 1.90. The molecule has 0 spiro atoms. The second kappa shape index (κ2) is 2.18. The van der Waals surface area contributed by atoms with Crippen LogP contribution in [0.4, 0.5) is 0 Å². The van der Waals surface area contributed by atoms with Gasteiger partial charge < -0.3 is 4.42 Å². The van der Waals surface area contributed by atoms with Crippen molar-refractivity contribution >= 4 is 33.8 Å². The summed E-state index contributed by atoms with van der Waals surface area (Å²) in [6.45, 7) is 0. The molecule has 0 aliphatic rings. The molecule has 50 valence electrons. The van der Waals surface area contributed by atoms with Crippen LogP contribution < -0.4 is 0 Å². The van der Waals surface area contributed by atoms with Gasteiger partial charge in [0.05, 0.1) is 4.70 Å². The van der Waals surface area contributed by atoms with Crippen molar-refractivity contribution in [2.24, 2.45) is 0 Å². The van der Waals surface area contributed by atoms with Gasteiger partial charge in [-0.15, -0.1) is 0 Å². The third kappa shape index (κ3) is 0.874. The molecule has 1 aromatic carbocycles. The molecule has 2 aromatic rings. The Kier molecular flexibility index (Phi) is 1.32. The van der Waals surface area contributed by atoms with Gasteiger partial charge in [-0.25, -0.2) is 0 Å². The first-order valence-electron chi connectivity index (χ1n) is 2.85. The zero-order chi connectivity index (χ0) is 6.97. The normalized spacial score (nSPS) is 10.4. The van der Waals surface area contributed by atoms with Crippen molar-refractivity contribution in [3.8, 4) is 0 Å². The van der Waals surface area contributed by atoms with E-state index in [1.165, 1.54) is 11.3 Å². The van der Waals surface area contributed by atoms with Crippen molar-refractivity contribution in [2.45, 2.75) is 0 Å². The van der Waals surface area contributed by atoms with E-state index in [2.05, 4.69) is 0 Å². The zero-order valence-electron chi connectivity index (χ0n) is 5.03. The number of fused-ring (bicyclic) bond motifs is 1. The van der Waals surface area contributed by atoms with Gasteiger partial charge in [0, 0.05) is 0 Å². The highest BCUT2D eigenvalue weighted by atomic mass is 32.1. The van der Waals surface area contributed by atoms with Gasteiger partial charge in [0.25, 0.3) is 0 Å². The Morgan fingerprint density at radius 1 is 1.30 bits per heavy atom. The summed E-state index contributed by atoms with van der Waals surface area (Å²) in [4.78, 5) is 0. The van der Waals surface area contributed by atoms with Crippen LogP contribution in [0.1, 0.15) is 0 Å². The van der Waals surface area contributed by atoms with Crippen molar-refractivity contribution in [3.63, 3.8) is 0 Å². The molecule has 1 nitrogen and oxygen atoms in total. The number of hydrogen-bond donors (Lipinski definition) is 0. The van der Waals surface area contributed by atoms with Crippen molar-refractivity contribution in [1.29, 1.82) is 0 Å². The second-order valence-corrected chi connectivity index (χ2v) is 3.54. The highest BCUT2D eigenvalue weighted by molar-refractivity contribution is 7.73. The number of hydrogen-bond acceptors (Lipinski definition) is 3. The van der Waals surface area contributed by atoms with Crippen LogP contribution in [0.25, 0.3) is 10.3 Å². The van der Waals surface area contributed by atoms with Gasteiger partial charge in [-0.2, -0.15) is 0 Å². The molecule has 0 unspecified atom stereocenters. The quantitative estimate of drug-likeness (QED) is 0.560. The summed E-state index contributed by atoms with van der Waals surface area (Å²) >= 11 is 6.37. The molecule has 1 aromatic heterocycles. The van der Waals surface area contributed by atoms with E-state index in [-0.39, 0.29) is 0 Å². The number of para-hydroxylation sites is 1. The molecule has 0 bridgehead atoms. The number of benzene rings is 1. The highest BCUT2D eigenvalue weighted by Crippen LogP contribution is 2.21. The molecule has 0 saturated carbocycles. The van der Waals surface area contributed by atoms with Crippen LogP contribution in [-0.4, -0.2) is 0 Å². The molecule has 0 aliphatic carbocycles. The molecule has 0 aliphatic heterocycles. The first-order chi connectivity index (χ1) is 4.86. The minimum absolute atomic E-state index is 0.598. The Bertz CT molecular complexity index is 363. The van der Waals surface area contributed by atoms with Gasteiger partial charge in [-0.1, -0.05) is 23.5 Å². The minimum atomic E-state index is 0.598. The highest BCUT2D eigenvalue weighted by Gasteiger charge is 1.94. The average molecular weight is 168 g/mol. The lowest BCUT2D eigenvalue weighted by atomic mass is 10.4. The van der Waals surface area contributed by atoms with Crippen LogP contribution in [0, 0.1) is 4.02 Å². The SMILES string of the molecule is S=c1oc2ccccc2s1. The summed E-state index contributed by atoms with van der Waals surface area (Å²) in [6, 6.07) is 7.83. The monoisotopic (exact) mass is 168 g/mol. The lowest BCUT2D eigenvalue weighted by molar-refractivity contribution is 0.609. The van der Waals surface area contributed by atoms with Crippen LogP contribution in [0.15, 0.2) is 28.7 Å². The maximum Gasteiger partial charge on any atom is 0.248 e. The van der Waals surface area contributed by atoms with Crippen LogP contribution in [0.2, 0.25) is 0 Å². The van der Waals surface area contributed by atoms with E-state index in [4.69, 9.17) is 16.6 Å². The summed E-state index contributed by atoms with van der Waals surface area (Å²) in [7, 11) is 0. The molecule has 0 atom stereocenters. The third-order valence-corrected chi connectivity index (χ3v) is 2.38. The van der Waals surface area contributed by atoms with Crippen LogP contribution in [-0.2, 0) is 0 Å². The summed E-state index contributed by atoms with van der Waals surface area (Å²) in [5.41, 5.74) is 0.887. The van der Waals surface area contributed by atoms with E-state index in [9.17, 15) is 0 Å². The Balaban J connectivity index is 3.01. The van der Waals surface area contributed by atoms with Crippen molar-refractivity contribution < 1.29 is 4.42 Å². The fourth-order valence-electron chi connectivity index (χ4n) is 0.819. The number of rotatable bonds is 0. The van der Waals surface area contributed by atoms with Gasteiger partial charge in [-0.05, 0) is 24.4 Å². The molecule has 1 heterocycles. The summed E-state index contributed by atoms with van der Waals surface area (Å²) < 4.78 is 6.92. The maximum atomic E-state index is 5.20. The van der Waals surface area contributed by atoms with Crippen LogP contribution >= 0.6 is 23.6 Å². The van der Waals surface area contributed by atoms with E-state index in [0.717, 1.165) is 10.3 Å². The van der Waals surface area contributed by atoms with Gasteiger partial charge in [0.15, 0.2) is 0 Å². The van der Waals surface area contributed by atoms with E-state index in [0.29, 0.717) is 4.02 Å². The van der Waals surface area contributed by atoms with Crippen molar-refractivity contribution in [3.05, 3.63) is 28.3 Å².